The van der Waals surface area contributed by atoms with E-state index in [1.54, 1.807) is 6.07 Å². The van der Waals surface area contributed by atoms with E-state index in [4.69, 9.17) is 25.8 Å². The molecule has 28 heavy (non-hydrogen) atoms. The maximum Gasteiger partial charge on any atom is 0.240 e. The van der Waals surface area contributed by atoms with Gasteiger partial charge >= 0.3 is 0 Å². The summed E-state index contributed by atoms with van der Waals surface area (Å²) in [6.45, 7) is 3.05. The van der Waals surface area contributed by atoms with E-state index in [0.717, 1.165) is 18.7 Å². The molecule has 0 radical (unpaired) electrons. The Balaban J connectivity index is 1.53. The van der Waals surface area contributed by atoms with Crippen molar-refractivity contribution in [2.45, 2.75) is 10.9 Å². The third kappa shape index (κ3) is 4.26. The zero-order chi connectivity index (χ0) is 19.6. The fourth-order valence-electron chi connectivity index (χ4n) is 3.35. The smallest absolute Gasteiger partial charge is 0.240 e. The summed E-state index contributed by atoms with van der Waals surface area (Å²) < 4.78 is 44.4. The van der Waals surface area contributed by atoms with Gasteiger partial charge < -0.3 is 14.2 Å². The molecule has 4 rings (SSSR count). The van der Waals surface area contributed by atoms with Gasteiger partial charge in [0, 0.05) is 36.8 Å². The Morgan fingerprint density at radius 1 is 1.04 bits per heavy atom. The molecule has 7 nitrogen and oxygen atoms in total. The Labute approximate surface area is 169 Å². The minimum absolute atomic E-state index is 0.0991. The highest BCUT2D eigenvalue weighted by molar-refractivity contribution is 7.89. The predicted molar refractivity (Wildman–Crippen MR) is 104 cm³/mol. The monoisotopic (exact) mass is 424 g/mol. The van der Waals surface area contributed by atoms with Gasteiger partial charge in [0.1, 0.15) is 0 Å². The molecule has 2 aromatic carbocycles. The van der Waals surface area contributed by atoms with E-state index in [0.29, 0.717) is 29.7 Å². The lowest BCUT2D eigenvalue weighted by Gasteiger charge is -2.35. The first-order chi connectivity index (χ1) is 13.5. The summed E-state index contributed by atoms with van der Waals surface area (Å²) in [6.07, 6.45) is 0. The fourth-order valence-corrected chi connectivity index (χ4v) is 4.53. The van der Waals surface area contributed by atoms with Crippen molar-refractivity contribution in [1.29, 1.82) is 0 Å². The van der Waals surface area contributed by atoms with Crippen LogP contribution in [-0.4, -0.2) is 53.0 Å². The van der Waals surface area contributed by atoms with Gasteiger partial charge in [-0.1, -0.05) is 23.7 Å². The second-order valence-electron chi connectivity index (χ2n) is 6.58. The quantitative estimate of drug-likeness (QED) is 0.767. The van der Waals surface area contributed by atoms with Crippen LogP contribution in [0, 0.1) is 0 Å². The van der Waals surface area contributed by atoms with Crippen molar-refractivity contribution in [3.8, 4) is 11.5 Å². The van der Waals surface area contributed by atoms with E-state index in [2.05, 4.69) is 9.62 Å². The van der Waals surface area contributed by atoms with Crippen molar-refractivity contribution in [3.63, 3.8) is 0 Å². The van der Waals surface area contributed by atoms with Gasteiger partial charge in [0.2, 0.25) is 16.8 Å². The Kier molecular flexibility index (Phi) is 5.75. The molecular formula is C19H21ClN2O5S. The number of nitrogens with one attached hydrogen (secondary N) is 1. The summed E-state index contributed by atoms with van der Waals surface area (Å²) in [6, 6.07) is 12.0. The molecule has 0 spiro atoms. The first-order valence-corrected chi connectivity index (χ1v) is 10.9. The van der Waals surface area contributed by atoms with E-state index in [1.807, 2.05) is 24.3 Å². The molecular weight excluding hydrogens is 404 g/mol. The first kappa shape index (κ1) is 19.5. The number of hydrogen-bond donors (Lipinski definition) is 1. The second-order valence-corrected chi connectivity index (χ2v) is 8.79. The second kappa shape index (κ2) is 8.26. The Morgan fingerprint density at radius 2 is 1.75 bits per heavy atom. The number of ether oxygens (including phenoxy) is 3. The van der Waals surface area contributed by atoms with Gasteiger partial charge in [-0.25, -0.2) is 13.1 Å². The van der Waals surface area contributed by atoms with Crippen LogP contribution in [0.1, 0.15) is 11.6 Å². The summed E-state index contributed by atoms with van der Waals surface area (Å²) in [7, 11) is -3.70. The van der Waals surface area contributed by atoms with Gasteiger partial charge in [0.25, 0.3) is 0 Å². The molecule has 150 valence electrons. The van der Waals surface area contributed by atoms with Crippen LogP contribution in [0.25, 0.3) is 0 Å². The van der Waals surface area contributed by atoms with Crippen LogP contribution in [-0.2, 0) is 14.8 Å². The molecule has 1 saturated heterocycles. The lowest BCUT2D eigenvalue weighted by atomic mass is 10.1. The summed E-state index contributed by atoms with van der Waals surface area (Å²) >= 11 is 6.01. The van der Waals surface area contributed by atoms with Crippen LogP contribution < -0.4 is 14.2 Å². The van der Waals surface area contributed by atoms with Crippen LogP contribution in [0.2, 0.25) is 5.02 Å². The number of benzene rings is 2. The highest BCUT2D eigenvalue weighted by atomic mass is 35.5. The van der Waals surface area contributed by atoms with Crippen molar-refractivity contribution in [2.75, 3.05) is 39.6 Å². The van der Waals surface area contributed by atoms with Crippen molar-refractivity contribution in [1.82, 2.24) is 9.62 Å². The molecule has 0 saturated carbocycles. The van der Waals surface area contributed by atoms with Crippen LogP contribution >= 0.6 is 11.6 Å². The van der Waals surface area contributed by atoms with Crippen molar-refractivity contribution < 1.29 is 22.6 Å². The van der Waals surface area contributed by atoms with Crippen LogP contribution in [0.3, 0.4) is 0 Å². The van der Waals surface area contributed by atoms with E-state index in [9.17, 15) is 8.42 Å². The average molecular weight is 425 g/mol. The molecule has 2 heterocycles. The minimum atomic E-state index is -3.70. The highest BCUT2D eigenvalue weighted by Crippen LogP contribution is 2.34. The van der Waals surface area contributed by atoms with Crippen LogP contribution in [0.4, 0.5) is 0 Å². The molecule has 1 atom stereocenters. The lowest BCUT2D eigenvalue weighted by molar-refractivity contribution is 0.0172. The normalized spacial score (nSPS) is 18.2. The number of halogens is 1. The molecule has 2 aliphatic rings. The van der Waals surface area contributed by atoms with Gasteiger partial charge in [-0.15, -0.1) is 0 Å². The SMILES string of the molecule is O=S(=O)(NC[C@@H](c1ccc(Cl)cc1)N1CCOCC1)c1ccc2c(c1)OCO2. The number of fused-ring (bicyclic) bond motifs is 1. The van der Waals surface area contributed by atoms with E-state index < -0.39 is 10.0 Å². The summed E-state index contributed by atoms with van der Waals surface area (Å²) in [5, 5.41) is 0.644. The largest absolute Gasteiger partial charge is 0.454 e. The Bertz CT molecular complexity index is 930. The van der Waals surface area contributed by atoms with E-state index >= 15 is 0 Å². The topological polar surface area (TPSA) is 77.1 Å². The summed E-state index contributed by atoms with van der Waals surface area (Å²) in [4.78, 5) is 2.36. The number of sulfonamides is 1. The van der Waals surface area contributed by atoms with Crippen molar-refractivity contribution in [2.24, 2.45) is 0 Å². The molecule has 0 aromatic heterocycles. The molecule has 0 bridgehead atoms. The van der Waals surface area contributed by atoms with Crippen LogP contribution in [0.5, 0.6) is 11.5 Å². The van der Waals surface area contributed by atoms with E-state index in [-0.39, 0.29) is 24.3 Å². The third-order valence-corrected chi connectivity index (χ3v) is 6.54. The highest BCUT2D eigenvalue weighted by Gasteiger charge is 2.26. The molecule has 0 aliphatic carbocycles. The molecule has 9 heteroatoms. The zero-order valence-electron chi connectivity index (χ0n) is 15.1. The zero-order valence-corrected chi connectivity index (χ0v) is 16.7. The van der Waals surface area contributed by atoms with Crippen molar-refractivity contribution >= 4 is 21.6 Å². The molecule has 0 amide bonds. The number of nitrogens with zero attached hydrogens (tertiary/aromatic N) is 1. The average Bonchev–Trinajstić information content (AvgIpc) is 3.18. The Morgan fingerprint density at radius 3 is 2.50 bits per heavy atom. The van der Waals surface area contributed by atoms with Crippen LogP contribution in [0.15, 0.2) is 47.4 Å². The number of hydrogen-bond acceptors (Lipinski definition) is 6. The summed E-state index contributed by atoms with van der Waals surface area (Å²) in [5.41, 5.74) is 1.000. The van der Waals surface area contributed by atoms with Gasteiger partial charge in [-0.2, -0.15) is 0 Å². The summed E-state index contributed by atoms with van der Waals surface area (Å²) in [5.74, 6) is 0.983. The number of morpholine rings is 1. The third-order valence-electron chi connectivity index (χ3n) is 4.86. The molecule has 2 aromatic rings. The van der Waals surface area contributed by atoms with Gasteiger partial charge in [-0.05, 0) is 29.8 Å². The van der Waals surface area contributed by atoms with Gasteiger partial charge in [-0.3, -0.25) is 4.90 Å². The molecule has 1 N–H and O–H groups in total. The lowest BCUT2D eigenvalue weighted by Crippen LogP contribution is -2.43. The van der Waals surface area contributed by atoms with Gasteiger partial charge in [0.05, 0.1) is 18.1 Å². The Hall–Kier alpha value is -1.84. The van der Waals surface area contributed by atoms with E-state index in [1.165, 1.54) is 12.1 Å². The maximum absolute atomic E-state index is 12.8. The standard InChI is InChI=1S/C19H21ClN2O5S/c20-15-3-1-14(2-4-15)17(22-7-9-25-10-8-22)12-21-28(23,24)16-5-6-18-19(11-16)27-13-26-18/h1-6,11,17,21H,7-10,12-13H2/t17-/m0/s1. The minimum Gasteiger partial charge on any atom is -0.454 e. The molecule has 1 fully saturated rings. The number of rotatable bonds is 6. The first-order valence-electron chi connectivity index (χ1n) is 8.99. The predicted octanol–water partition coefficient (Wildman–Crippen LogP) is 2.42. The fraction of sp³-hybridized carbons (Fsp3) is 0.368. The molecule has 2 aliphatic heterocycles. The molecule has 0 unspecified atom stereocenters. The maximum atomic E-state index is 12.8. The van der Waals surface area contributed by atoms with Crippen molar-refractivity contribution in [3.05, 3.63) is 53.1 Å². The van der Waals surface area contributed by atoms with Gasteiger partial charge in [0.15, 0.2) is 11.5 Å².